The van der Waals surface area contributed by atoms with Gasteiger partial charge in [0, 0.05) is 43.7 Å². The molecule has 0 atom stereocenters. The smallest absolute Gasteiger partial charge is 0.151 e. The summed E-state index contributed by atoms with van der Waals surface area (Å²) < 4.78 is 0. The van der Waals surface area contributed by atoms with E-state index >= 15 is 0 Å². The lowest BCUT2D eigenvalue weighted by molar-refractivity contribution is 0.112. The SMILES string of the molecule is Cc1cc(C=O)cnc1N(C)CCc1ccccn1. The van der Waals surface area contributed by atoms with E-state index in [0.717, 1.165) is 36.3 Å². The van der Waals surface area contributed by atoms with Crippen LogP contribution in [-0.4, -0.2) is 29.8 Å². The van der Waals surface area contributed by atoms with Crippen LogP contribution in [0.3, 0.4) is 0 Å². The van der Waals surface area contributed by atoms with Crippen molar-refractivity contribution in [3.63, 3.8) is 0 Å². The summed E-state index contributed by atoms with van der Waals surface area (Å²) in [6.45, 7) is 2.80. The fraction of sp³-hybridized carbons (Fsp3) is 0.267. The molecule has 0 N–H and O–H groups in total. The maximum atomic E-state index is 10.7. The number of likely N-dealkylation sites (N-methyl/N-ethyl adjacent to an activating group) is 1. The van der Waals surface area contributed by atoms with Crippen LogP contribution in [0.5, 0.6) is 0 Å². The molecule has 2 aromatic rings. The van der Waals surface area contributed by atoms with Gasteiger partial charge in [0.2, 0.25) is 0 Å². The zero-order valence-corrected chi connectivity index (χ0v) is 11.2. The van der Waals surface area contributed by atoms with Crippen molar-refractivity contribution in [3.8, 4) is 0 Å². The normalized spacial score (nSPS) is 10.2. The second-order valence-electron chi connectivity index (χ2n) is 4.52. The van der Waals surface area contributed by atoms with Gasteiger partial charge in [-0.15, -0.1) is 0 Å². The molecule has 2 heterocycles. The molecule has 0 fully saturated rings. The highest BCUT2D eigenvalue weighted by molar-refractivity contribution is 5.75. The van der Waals surface area contributed by atoms with Crippen molar-refractivity contribution in [2.45, 2.75) is 13.3 Å². The van der Waals surface area contributed by atoms with E-state index in [4.69, 9.17) is 0 Å². The lowest BCUT2D eigenvalue weighted by Crippen LogP contribution is -2.22. The fourth-order valence-corrected chi connectivity index (χ4v) is 1.99. The summed E-state index contributed by atoms with van der Waals surface area (Å²) in [5.41, 5.74) is 2.68. The number of aryl methyl sites for hydroxylation is 1. The van der Waals surface area contributed by atoms with Crippen molar-refractivity contribution in [3.05, 3.63) is 53.5 Å². The largest absolute Gasteiger partial charge is 0.359 e. The Morgan fingerprint density at radius 3 is 2.79 bits per heavy atom. The summed E-state index contributed by atoms with van der Waals surface area (Å²) in [5.74, 6) is 0.904. The Balaban J connectivity index is 2.04. The second kappa shape index (κ2) is 6.09. The van der Waals surface area contributed by atoms with E-state index in [1.54, 1.807) is 12.4 Å². The van der Waals surface area contributed by atoms with Crippen molar-refractivity contribution in [1.82, 2.24) is 9.97 Å². The average molecular weight is 255 g/mol. The van der Waals surface area contributed by atoms with Crippen LogP contribution in [0.2, 0.25) is 0 Å². The van der Waals surface area contributed by atoms with Crippen molar-refractivity contribution < 1.29 is 4.79 Å². The van der Waals surface area contributed by atoms with Gasteiger partial charge in [-0.1, -0.05) is 6.07 Å². The van der Waals surface area contributed by atoms with Crippen LogP contribution >= 0.6 is 0 Å². The number of hydrogen-bond donors (Lipinski definition) is 0. The van der Waals surface area contributed by atoms with Gasteiger partial charge < -0.3 is 4.90 Å². The van der Waals surface area contributed by atoms with Gasteiger partial charge in [0.05, 0.1) is 0 Å². The quantitative estimate of drug-likeness (QED) is 0.769. The third kappa shape index (κ3) is 3.37. The van der Waals surface area contributed by atoms with Crippen LogP contribution in [0.25, 0.3) is 0 Å². The summed E-state index contributed by atoms with van der Waals surface area (Å²) in [5, 5.41) is 0. The molecule has 4 nitrogen and oxygen atoms in total. The van der Waals surface area contributed by atoms with Gasteiger partial charge in [-0.25, -0.2) is 4.98 Å². The van der Waals surface area contributed by atoms with Crippen molar-refractivity contribution in [2.75, 3.05) is 18.5 Å². The number of hydrogen-bond acceptors (Lipinski definition) is 4. The first kappa shape index (κ1) is 13.2. The van der Waals surface area contributed by atoms with Crippen LogP contribution < -0.4 is 4.90 Å². The van der Waals surface area contributed by atoms with Gasteiger partial charge >= 0.3 is 0 Å². The van der Waals surface area contributed by atoms with Gasteiger partial charge in [-0.3, -0.25) is 9.78 Å². The van der Waals surface area contributed by atoms with Crippen LogP contribution in [0.1, 0.15) is 21.6 Å². The fourth-order valence-electron chi connectivity index (χ4n) is 1.99. The van der Waals surface area contributed by atoms with Crippen molar-refractivity contribution in [1.29, 1.82) is 0 Å². The highest BCUT2D eigenvalue weighted by Gasteiger charge is 2.07. The average Bonchev–Trinajstić information content (AvgIpc) is 2.45. The molecular weight excluding hydrogens is 238 g/mol. The topological polar surface area (TPSA) is 46.1 Å². The van der Waals surface area contributed by atoms with E-state index in [1.807, 2.05) is 38.2 Å². The maximum absolute atomic E-state index is 10.7. The predicted molar refractivity (Wildman–Crippen MR) is 75.6 cm³/mol. The lowest BCUT2D eigenvalue weighted by atomic mass is 10.2. The van der Waals surface area contributed by atoms with Gasteiger partial charge in [0.1, 0.15) is 5.82 Å². The zero-order chi connectivity index (χ0) is 13.7. The highest BCUT2D eigenvalue weighted by Crippen LogP contribution is 2.16. The van der Waals surface area contributed by atoms with E-state index in [2.05, 4.69) is 14.9 Å². The molecule has 0 aromatic carbocycles. The Morgan fingerprint density at radius 2 is 2.16 bits per heavy atom. The number of anilines is 1. The van der Waals surface area contributed by atoms with Crippen LogP contribution in [0.15, 0.2) is 36.7 Å². The van der Waals surface area contributed by atoms with E-state index in [0.29, 0.717) is 5.56 Å². The Labute approximate surface area is 113 Å². The number of carbonyl (C=O) groups excluding carboxylic acids is 1. The number of aromatic nitrogens is 2. The Bertz CT molecular complexity index is 555. The molecule has 4 heteroatoms. The first-order chi connectivity index (χ1) is 9.20. The third-order valence-corrected chi connectivity index (χ3v) is 3.00. The maximum Gasteiger partial charge on any atom is 0.151 e. The first-order valence-corrected chi connectivity index (χ1v) is 6.23. The van der Waals surface area contributed by atoms with Gasteiger partial charge in [-0.05, 0) is 30.7 Å². The monoisotopic (exact) mass is 255 g/mol. The summed E-state index contributed by atoms with van der Waals surface area (Å²) in [6, 6.07) is 7.78. The molecular formula is C15H17N3O. The second-order valence-corrected chi connectivity index (χ2v) is 4.52. The van der Waals surface area contributed by atoms with Crippen molar-refractivity contribution in [2.24, 2.45) is 0 Å². The molecule has 0 bridgehead atoms. The Hall–Kier alpha value is -2.23. The van der Waals surface area contributed by atoms with E-state index < -0.39 is 0 Å². The molecule has 0 radical (unpaired) electrons. The minimum atomic E-state index is 0.611. The van der Waals surface area contributed by atoms with Gasteiger partial charge in [-0.2, -0.15) is 0 Å². The summed E-state index contributed by atoms with van der Waals surface area (Å²) in [7, 11) is 2.00. The minimum Gasteiger partial charge on any atom is -0.359 e. The molecule has 0 aliphatic heterocycles. The number of rotatable bonds is 5. The number of pyridine rings is 2. The van der Waals surface area contributed by atoms with Crippen molar-refractivity contribution >= 4 is 12.1 Å². The third-order valence-electron chi connectivity index (χ3n) is 3.00. The minimum absolute atomic E-state index is 0.611. The molecule has 98 valence electrons. The van der Waals surface area contributed by atoms with E-state index in [-0.39, 0.29) is 0 Å². The van der Waals surface area contributed by atoms with Crippen LogP contribution in [0, 0.1) is 6.92 Å². The molecule has 0 amide bonds. The molecule has 0 saturated heterocycles. The Morgan fingerprint density at radius 1 is 1.32 bits per heavy atom. The van der Waals surface area contributed by atoms with Crippen LogP contribution in [0.4, 0.5) is 5.82 Å². The molecule has 0 saturated carbocycles. The predicted octanol–water partition coefficient (Wildman–Crippen LogP) is 2.28. The molecule has 2 rings (SSSR count). The molecule has 0 aliphatic carbocycles. The highest BCUT2D eigenvalue weighted by atomic mass is 16.1. The molecule has 19 heavy (non-hydrogen) atoms. The first-order valence-electron chi connectivity index (χ1n) is 6.23. The zero-order valence-electron chi connectivity index (χ0n) is 11.2. The number of nitrogens with zero attached hydrogens (tertiary/aromatic N) is 3. The molecule has 0 unspecified atom stereocenters. The van der Waals surface area contributed by atoms with Gasteiger partial charge in [0.25, 0.3) is 0 Å². The van der Waals surface area contributed by atoms with E-state index in [9.17, 15) is 4.79 Å². The Kier molecular flexibility index (Phi) is 4.23. The summed E-state index contributed by atoms with van der Waals surface area (Å²) in [4.78, 5) is 21.4. The van der Waals surface area contributed by atoms with E-state index in [1.165, 1.54) is 0 Å². The standard InChI is InChI=1S/C15H17N3O/c1-12-9-13(11-19)10-17-15(12)18(2)8-6-14-5-3-4-7-16-14/h3-5,7,9-11H,6,8H2,1-2H3. The number of aldehydes is 1. The summed E-state index contributed by atoms with van der Waals surface area (Å²) >= 11 is 0. The van der Waals surface area contributed by atoms with Gasteiger partial charge in [0.15, 0.2) is 6.29 Å². The molecule has 0 aliphatic rings. The van der Waals surface area contributed by atoms with Crippen LogP contribution in [-0.2, 0) is 6.42 Å². The molecule has 2 aromatic heterocycles. The number of carbonyl (C=O) groups is 1. The summed E-state index contributed by atoms with van der Waals surface area (Å²) in [6.07, 6.45) is 5.09. The molecule has 0 spiro atoms. The lowest BCUT2D eigenvalue weighted by Gasteiger charge is -2.20.